The molecule has 11 heteroatoms. The number of aromatic nitrogens is 2. The first-order chi connectivity index (χ1) is 18.8. The van der Waals surface area contributed by atoms with Crippen molar-refractivity contribution in [1.29, 1.82) is 0 Å². The Kier molecular flexibility index (Phi) is 9.28. The number of halogens is 3. The minimum absolute atomic E-state index is 0.0271. The van der Waals surface area contributed by atoms with Gasteiger partial charge in [0.25, 0.3) is 0 Å². The first kappa shape index (κ1) is 28.2. The van der Waals surface area contributed by atoms with Crippen molar-refractivity contribution in [3.05, 3.63) is 77.3 Å². The van der Waals surface area contributed by atoms with Crippen LogP contribution < -0.4 is 10.1 Å². The summed E-state index contributed by atoms with van der Waals surface area (Å²) in [6, 6.07) is 5.68. The van der Waals surface area contributed by atoms with Gasteiger partial charge in [-0.25, -0.2) is 18.2 Å². The Morgan fingerprint density at radius 1 is 1.21 bits per heavy atom. The first-order valence-corrected chi connectivity index (χ1v) is 12.3. The molecule has 0 bridgehead atoms. The van der Waals surface area contributed by atoms with E-state index in [0.29, 0.717) is 29.8 Å². The number of methoxy groups -OCH3 is 1. The Hall–Kier alpha value is -3.80. The summed E-state index contributed by atoms with van der Waals surface area (Å²) >= 11 is 0. The van der Waals surface area contributed by atoms with Crippen molar-refractivity contribution in [2.75, 3.05) is 13.7 Å². The molecule has 1 fully saturated rings. The molecule has 2 aromatic heterocycles. The van der Waals surface area contributed by atoms with Crippen molar-refractivity contribution < 1.29 is 37.7 Å². The van der Waals surface area contributed by atoms with Crippen molar-refractivity contribution in [3.8, 4) is 5.88 Å². The van der Waals surface area contributed by atoms with E-state index >= 15 is 0 Å². The number of aliphatic hydroxyl groups is 2. The highest BCUT2D eigenvalue weighted by molar-refractivity contribution is 5.92. The van der Waals surface area contributed by atoms with Crippen LogP contribution in [-0.2, 0) is 9.53 Å². The second-order valence-electron chi connectivity index (χ2n) is 9.08. The molecule has 0 spiro atoms. The standard InChI is InChI=1S/C28H28F3N3O5/c1-38-27-11-9-24-28(34-27)20(22(31)14-32-24)6-4-19-5-8-23(25(39-19)13-18(36)15-35)33-26(37)10-2-16-12-17(29)3-7-21(16)30/h2-4,6-7,9-12,14,18-19,23,25,35-36H,5,8,13,15H2,1H3,(H,33,37)/t18-,19-,23-,25-/m1/s1. The Morgan fingerprint density at radius 3 is 2.79 bits per heavy atom. The highest BCUT2D eigenvalue weighted by atomic mass is 19.1. The molecule has 4 rings (SSSR count). The van der Waals surface area contributed by atoms with E-state index in [0.717, 1.165) is 36.5 Å². The van der Waals surface area contributed by atoms with Crippen LogP contribution in [0.3, 0.4) is 0 Å². The predicted molar refractivity (Wildman–Crippen MR) is 138 cm³/mol. The molecule has 1 aromatic carbocycles. The average molecular weight is 544 g/mol. The number of pyridine rings is 2. The van der Waals surface area contributed by atoms with Gasteiger partial charge >= 0.3 is 0 Å². The molecule has 206 valence electrons. The van der Waals surface area contributed by atoms with Gasteiger partial charge in [0.2, 0.25) is 11.8 Å². The molecule has 4 atom stereocenters. The summed E-state index contributed by atoms with van der Waals surface area (Å²) in [6.45, 7) is -0.499. The highest BCUT2D eigenvalue weighted by Gasteiger charge is 2.32. The Bertz CT molecular complexity index is 1380. The van der Waals surface area contributed by atoms with Gasteiger partial charge in [0.05, 0.1) is 49.8 Å². The van der Waals surface area contributed by atoms with Gasteiger partial charge in [-0.1, -0.05) is 12.2 Å². The molecule has 1 aliphatic rings. The molecule has 0 radical (unpaired) electrons. The summed E-state index contributed by atoms with van der Waals surface area (Å²) < 4.78 is 53.1. The predicted octanol–water partition coefficient (Wildman–Crippen LogP) is 3.56. The number of fused-ring (bicyclic) bond motifs is 1. The van der Waals surface area contributed by atoms with Gasteiger partial charge in [-0.15, -0.1) is 0 Å². The van der Waals surface area contributed by atoms with Gasteiger partial charge in [0, 0.05) is 29.7 Å². The molecule has 3 N–H and O–H groups in total. The van der Waals surface area contributed by atoms with Gasteiger partial charge in [-0.05, 0) is 43.2 Å². The Balaban J connectivity index is 1.48. The lowest BCUT2D eigenvalue weighted by molar-refractivity contribution is -0.121. The third-order valence-corrected chi connectivity index (χ3v) is 6.34. The number of carbonyl (C=O) groups excluding carboxylic acids is 1. The fourth-order valence-electron chi connectivity index (χ4n) is 4.35. The molecule has 39 heavy (non-hydrogen) atoms. The topological polar surface area (TPSA) is 114 Å². The van der Waals surface area contributed by atoms with Crippen LogP contribution in [0.15, 0.2) is 48.7 Å². The van der Waals surface area contributed by atoms with Gasteiger partial charge < -0.3 is 25.0 Å². The average Bonchev–Trinajstić information content (AvgIpc) is 2.93. The second kappa shape index (κ2) is 12.8. The van der Waals surface area contributed by atoms with E-state index in [9.17, 15) is 28.2 Å². The van der Waals surface area contributed by atoms with Crippen molar-refractivity contribution in [3.63, 3.8) is 0 Å². The summed E-state index contributed by atoms with van der Waals surface area (Å²) in [5.74, 6) is -2.13. The molecule has 3 aromatic rings. The maximum absolute atomic E-state index is 14.7. The third kappa shape index (κ3) is 7.20. The molecular formula is C28H28F3N3O5. The SMILES string of the molecule is COc1ccc2ncc(F)c(C=C[C@@H]3CC[C@@H](NC(=O)C=Cc4cc(F)ccc4F)[C@@H](C[C@@H](O)CO)O3)c2n1. The summed E-state index contributed by atoms with van der Waals surface area (Å²) in [5, 5.41) is 22.1. The van der Waals surface area contributed by atoms with Crippen LogP contribution in [0, 0.1) is 17.5 Å². The molecule has 0 unspecified atom stereocenters. The van der Waals surface area contributed by atoms with E-state index in [1.807, 2.05) is 0 Å². The molecule has 8 nitrogen and oxygen atoms in total. The molecule has 0 aliphatic carbocycles. The second-order valence-corrected chi connectivity index (χ2v) is 9.08. The first-order valence-electron chi connectivity index (χ1n) is 12.3. The smallest absolute Gasteiger partial charge is 0.244 e. The van der Waals surface area contributed by atoms with Crippen LogP contribution >= 0.6 is 0 Å². The van der Waals surface area contributed by atoms with E-state index in [1.165, 1.54) is 7.11 Å². The Labute approximate surface area is 222 Å². The van der Waals surface area contributed by atoms with Crippen molar-refractivity contribution in [1.82, 2.24) is 15.3 Å². The largest absolute Gasteiger partial charge is 0.481 e. The van der Waals surface area contributed by atoms with Crippen LogP contribution in [-0.4, -0.2) is 64.2 Å². The summed E-state index contributed by atoms with van der Waals surface area (Å²) in [4.78, 5) is 20.9. The minimum Gasteiger partial charge on any atom is -0.481 e. The highest BCUT2D eigenvalue weighted by Crippen LogP contribution is 2.27. The van der Waals surface area contributed by atoms with Gasteiger partial charge in [-0.2, -0.15) is 0 Å². The summed E-state index contributed by atoms with van der Waals surface area (Å²) in [5.41, 5.74) is 0.935. The monoisotopic (exact) mass is 543 g/mol. The molecule has 1 saturated heterocycles. The number of nitrogens with zero attached hydrogens (tertiary/aromatic N) is 2. The number of ether oxygens (including phenoxy) is 2. The molecule has 3 heterocycles. The summed E-state index contributed by atoms with van der Waals surface area (Å²) in [6.07, 6.45) is 5.23. The number of rotatable bonds is 9. The van der Waals surface area contributed by atoms with Crippen LogP contribution in [0.1, 0.15) is 30.4 Å². The molecule has 1 amide bonds. The number of nitrogens with one attached hydrogen (secondary N) is 1. The van der Waals surface area contributed by atoms with E-state index in [2.05, 4.69) is 15.3 Å². The lowest BCUT2D eigenvalue weighted by atomic mass is 9.94. The van der Waals surface area contributed by atoms with Crippen molar-refractivity contribution >= 4 is 29.1 Å². The van der Waals surface area contributed by atoms with Crippen LogP contribution in [0.5, 0.6) is 5.88 Å². The van der Waals surface area contributed by atoms with E-state index in [1.54, 1.807) is 24.3 Å². The van der Waals surface area contributed by atoms with Gasteiger partial charge in [-0.3, -0.25) is 9.78 Å². The number of carbonyl (C=O) groups is 1. The number of benzene rings is 1. The van der Waals surface area contributed by atoms with Crippen molar-refractivity contribution in [2.24, 2.45) is 0 Å². The fourth-order valence-corrected chi connectivity index (χ4v) is 4.35. The van der Waals surface area contributed by atoms with E-state index in [4.69, 9.17) is 9.47 Å². The van der Waals surface area contributed by atoms with Gasteiger partial charge in [0.1, 0.15) is 17.2 Å². The van der Waals surface area contributed by atoms with Crippen LogP contribution in [0.4, 0.5) is 13.2 Å². The van der Waals surface area contributed by atoms with Crippen LogP contribution in [0.2, 0.25) is 0 Å². The zero-order valence-electron chi connectivity index (χ0n) is 21.1. The molecular weight excluding hydrogens is 515 g/mol. The van der Waals surface area contributed by atoms with Crippen LogP contribution in [0.25, 0.3) is 23.2 Å². The maximum Gasteiger partial charge on any atom is 0.244 e. The van der Waals surface area contributed by atoms with Crippen molar-refractivity contribution in [2.45, 2.75) is 43.6 Å². The normalized spacial score (nSPS) is 20.5. The Morgan fingerprint density at radius 2 is 2.03 bits per heavy atom. The zero-order valence-corrected chi connectivity index (χ0v) is 21.1. The zero-order chi connectivity index (χ0) is 27.9. The third-order valence-electron chi connectivity index (χ3n) is 6.34. The molecule has 0 saturated carbocycles. The van der Waals surface area contributed by atoms with Gasteiger partial charge in [0.15, 0.2) is 5.82 Å². The minimum atomic E-state index is -1.09. The summed E-state index contributed by atoms with van der Waals surface area (Å²) in [7, 11) is 1.46. The lowest BCUT2D eigenvalue weighted by Gasteiger charge is -2.36. The molecule has 1 aliphatic heterocycles. The number of amides is 1. The lowest BCUT2D eigenvalue weighted by Crippen LogP contribution is -2.50. The van der Waals surface area contributed by atoms with E-state index < -0.39 is 54.3 Å². The number of hydrogen-bond acceptors (Lipinski definition) is 7. The quantitative estimate of drug-likeness (QED) is 0.354. The van der Waals surface area contributed by atoms with E-state index in [-0.39, 0.29) is 17.5 Å². The fraction of sp³-hybridized carbons (Fsp3) is 0.321. The number of hydrogen-bond donors (Lipinski definition) is 3. The number of aliphatic hydroxyl groups excluding tert-OH is 2. The maximum atomic E-state index is 14.7.